The van der Waals surface area contributed by atoms with Gasteiger partial charge in [0, 0.05) is 0 Å². The first-order valence-electron chi connectivity index (χ1n) is 5.09. The van der Waals surface area contributed by atoms with Gasteiger partial charge in [-0.25, -0.2) is 16.8 Å². The van der Waals surface area contributed by atoms with E-state index < -0.39 is 54.8 Å². The van der Waals surface area contributed by atoms with E-state index in [1.54, 1.807) is 0 Å². The Morgan fingerprint density at radius 1 is 0.464 bits per heavy atom. The van der Waals surface area contributed by atoms with Crippen LogP contribution in [0.5, 0.6) is 0 Å². The second kappa shape index (κ2) is 7.31. The minimum Gasteiger partial charge on any atom is -0.425 e. The van der Waals surface area contributed by atoms with Crippen LogP contribution in [0.25, 0.3) is 4.13 Å². The van der Waals surface area contributed by atoms with Crippen LogP contribution in [0, 0.1) is 0 Å². The van der Waals surface area contributed by atoms with E-state index in [0.717, 1.165) is 0 Å². The smallest absolute Gasteiger partial charge is 0.425 e. The summed E-state index contributed by atoms with van der Waals surface area (Å²) >= 11 is 0. The van der Waals surface area contributed by atoms with Gasteiger partial charge >= 0.3 is 53.6 Å². The van der Waals surface area contributed by atoms with E-state index in [-0.39, 0.29) is 23.0 Å². The molecule has 0 rings (SSSR count). The Bertz CT molecular complexity index is 716. The van der Waals surface area contributed by atoms with Crippen molar-refractivity contribution in [3.05, 3.63) is 4.13 Å². The SMILES string of the molecule is O=S(=O)([N-]S(=O)(=O)C(F)(F)C(F)(F)C(F)(F)F)C(F)(F)C(F)(F)C(F)(F)F.[Li+]. The van der Waals surface area contributed by atoms with Crippen LogP contribution in [0.3, 0.4) is 0 Å². The number of sulfonamides is 2. The van der Waals surface area contributed by atoms with Crippen molar-refractivity contribution in [3.63, 3.8) is 0 Å². The second-order valence-corrected chi connectivity index (χ2v) is 7.72. The molecule has 0 amide bonds. The molecule has 0 saturated carbocycles. The number of halogens is 14. The number of rotatable bonds is 6. The molecule has 0 unspecified atom stereocenters. The quantitative estimate of drug-likeness (QED) is 0.406. The van der Waals surface area contributed by atoms with Gasteiger partial charge in [0.25, 0.3) is 0 Å². The summed E-state index contributed by atoms with van der Waals surface area (Å²) in [5, 5.41) is -15.4. The summed E-state index contributed by atoms with van der Waals surface area (Å²) < 4.78 is 215. The maximum absolute atomic E-state index is 12.9. The molecule has 0 radical (unpaired) electrons. The number of nitrogens with zero attached hydrogens (tertiary/aromatic N) is 1. The summed E-state index contributed by atoms with van der Waals surface area (Å²) in [4.78, 5) is 0. The third-order valence-electron chi connectivity index (χ3n) is 2.29. The molecule has 0 heterocycles. The first-order chi connectivity index (χ1) is 11.2. The van der Waals surface area contributed by atoms with Gasteiger partial charge < -0.3 is 4.13 Å². The van der Waals surface area contributed by atoms with Crippen molar-refractivity contribution in [1.82, 2.24) is 0 Å². The molecule has 0 aliphatic carbocycles. The maximum atomic E-state index is 12.9. The molecule has 22 heteroatoms. The molecule has 164 valence electrons. The molecule has 5 nitrogen and oxygen atoms in total. The van der Waals surface area contributed by atoms with Gasteiger partial charge in [0.15, 0.2) is 20.0 Å². The fraction of sp³-hybridized carbons (Fsp3) is 1.00. The molecule has 0 N–H and O–H groups in total. The van der Waals surface area contributed by atoms with E-state index in [0.29, 0.717) is 0 Å². The third kappa shape index (κ3) is 4.32. The Morgan fingerprint density at radius 2 is 0.643 bits per heavy atom. The van der Waals surface area contributed by atoms with E-state index in [1.165, 1.54) is 0 Å². The molecular formula is C6F14LiNO4S2. The first kappa shape index (κ1) is 29.7. The van der Waals surface area contributed by atoms with E-state index >= 15 is 0 Å². The van der Waals surface area contributed by atoms with Gasteiger partial charge in [0.05, 0.1) is 0 Å². The minimum atomic E-state index is -8.29. The standard InChI is InChI=1S/C6F14NO4S2.Li/c7-1(8,3(11,12)13)5(17,18)26(22,23)21-27(24,25)6(19,20)2(9,10)4(14,15)16;/q-1;+1. The predicted octanol–water partition coefficient (Wildman–Crippen LogP) is 0.604. The monoisotopic (exact) mass is 487 g/mol. The largest absolute Gasteiger partial charge is 1.00 e. The van der Waals surface area contributed by atoms with Crippen molar-refractivity contribution in [2.75, 3.05) is 0 Å². The zero-order valence-corrected chi connectivity index (χ0v) is 13.8. The average Bonchev–Trinajstić information content (AvgIpc) is 2.33. The van der Waals surface area contributed by atoms with Gasteiger partial charge in [0.2, 0.25) is 0 Å². The van der Waals surface area contributed by atoms with Gasteiger partial charge in [-0.2, -0.15) is 61.5 Å². The van der Waals surface area contributed by atoms with Crippen molar-refractivity contribution in [2.24, 2.45) is 0 Å². The Labute approximate surface area is 156 Å². The predicted molar refractivity (Wildman–Crippen MR) is 53.1 cm³/mol. The van der Waals surface area contributed by atoms with Gasteiger partial charge in [-0.1, -0.05) is 0 Å². The number of hydrogen-bond donors (Lipinski definition) is 0. The van der Waals surface area contributed by atoms with Crippen LogP contribution in [-0.4, -0.2) is 51.5 Å². The molecule has 0 fully saturated rings. The van der Waals surface area contributed by atoms with Crippen LogP contribution >= 0.6 is 0 Å². The zero-order valence-electron chi connectivity index (χ0n) is 12.2. The molecule has 0 aromatic rings. The van der Waals surface area contributed by atoms with Crippen LogP contribution in [0.2, 0.25) is 0 Å². The van der Waals surface area contributed by atoms with Crippen LogP contribution in [0.4, 0.5) is 61.5 Å². The molecule has 28 heavy (non-hydrogen) atoms. The molecule has 0 atom stereocenters. The summed E-state index contributed by atoms with van der Waals surface area (Å²) in [6.07, 6.45) is -14.9. The summed E-state index contributed by atoms with van der Waals surface area (Å²) in [7, 11) is -16.6. The summed E-state index contributed by atoms with van der Waals surface area (Å²) in [5.41, 5.74) is 0. The van der Waals surface area contributed by atoms with Gasteiger partial charge in [0.1, 0.15) is 0 Å². The Balaban J connectivity index is 0. The van der Waals surface area contributed by atoms with Gasteiger partial charge in [-0.3, -0.25) is 0 Å². The first-order valence-corrected chi connectivity index (χ1v) is 7.97. The molecule has 0 aromatic heterocycles. The van der Waals surface area contributed by atoms with E-state index in [9.17, 15) is 78.3 Å². The molecule has 0 spiro atoms. The summed E-state index contributed by atoms with van der Waals surface area (Å²) in [6.45, 7) is 0. The van der Waals surface area contributed by atoms with Crippen LogP contribution in [0.1, 0.15) is 0 Å². The van der Waals surface area contributed by atoms with Crippen LogP contribution in [0.15, 0.2) is 0 Å². The molecule has 0 bridgehead atoms. The van der Waals surface area contributed by atoms with E-state index in [1.807, 2.05) is 0 Å². The van der Waals surface area contributed by atoms with E-state index in [2.05, 4.69) is 0 Å². The minimum absolute atomic E-state index is 0. The number of alkyl halides is 14. The molecule has 0 aromatic carbocycles. The van der Waals surface area contributed by atoms with Crippen molar-refractivity contribution in [1.29, 1.82) is 0 Å². The molecule has 0 saturated heterocycles. The molecule has 0 aliphatic rings. The van der Waals surface area contributed by atoms with Gasteiger partial charge in [-0.15, -0.1) is 0 Å². The van der Waals surface area contributed by atoms with Crippen LogP contribution < -0.4 is 18.9 Å². The number of hydrogen-bond acceptors (Lipinski definition) is 4. The van der Waals surface area contributed by atoms with Crippen molar-refractivity contribution in [2.45, 2.75) is 34.7 Å². The normalized spacial score (nSPS) is 15.9. The Kier molecular flexibility index (Phi) is 7.75. The topological polar surface area (TPSA) is 82.4 Å². The van der Waals surface area contributed by atoms with Crippen molar-refractivity contribution in [3.8, 4) is 0 Å². The van der Waals surface area contributed by atoms with E-state index in [4.69, 9.17) is 0 Å². The Hall–Kier alpha value is -0.523. The summed E-state index contributed by atoms with van der Waals surface area (Å²) in [6, 6.07) is 0. The fourth-order valence-electron chi connectivity index (χ4n) is 0.877. The third-order valence-corrected chi connectivity index (χ3v) is 5.67. The average molecular weight is 487 g/mol. The zero-order chi connectivity index (χ0) is 22.7. The van der Waals surface area contributed by atoms with Crippen molar-refractivity contribution >= 4 is 20.0 Å². The van der Waals surface area contributed by atoms with Crippen LogP contribution in [-0.2, 0) is 20.0 Å². The maximum Gasteiger partial charge on any atom is 1.00 e. The fourth-order valence-corrected chi connectivity index (χ4v) is 3.54. The van der Waals surface area contributed by atoms with Crippen molar-refractivity contribution < 1.29 is 97.2 Å². The van der Waals surface area contributed by atoms with Gasteiger partial charge in [-0.05, 0) is 0 Å². The second-order valence-electron chi connectivity index (χ2n) is 4.20. The Morgan fingerprint density at radius 3 is 0.786 bits per heavy atom. The molecule has 0 aliphatic heterocycles. The molecular weight excluding hydrogens is 487 g/mol. The summed E-state index contributed by atoms with van der Waals surface area (Å²) in [5.74, 6) is -15.4.